The van der Waals surface area contributed by atoms with E-state index >= 15 is 0 Å². The molecular formula is C20H26N6O. The molecular weight excluding hydrogens is 340 g/mol. The van der Waals surface area contributed by atoms with Crippen LogP contribution in [-0.2, 0) is 12.0 Å². The number of rotatable bonds is 3. The van der Waals surface area contributed by atoms with Crippen LogP contribution in [0.25, 0.3) is 11.2 Å². The predicted molar refractivity (Wildman–Crippen MR) is 105 cm³/mol. The van der Waals surface area contributed by atoms with Crippen LogP contribution in [0.5, 0.6) is 0 Å². The molecule has 3 aromatic rings. The van der Waals surface area contributed by atoms with Gasteiger partial charge in [-0.25, -0.2) is 14.6 Å². The number of aromatic nitrogens is 5. The molecule has 27 heavy (non-hydrogen) atoms. The molecule has 0 unspecified atom stereocenters. The first-order valence-corrected chi connectivity index (χ1v) is 9.36. The zero-order valence-electron chi connectivity index (χ0n) is 16.3. The molecule has 1 aliphatic rings. The van der Waals surface area contributed by atoms with E-state index in [9.17, 15) is 5.11 Å². The fourth-order valence-corrected chi connectivity index (χ4v) is 3.39. The minimum Gasteiger partial charge on any atom is -0.388 e. The van der Waals surface area contributed by atoms with Crippen molar-refractivity contribution in [2.45, 2.75) is 51.7 Å². The molecule has 2 aromatic heterocycles. The Balaban J connectivity index is 1.83. The Hall–Kier alpha value is -2.54. The summed E-state index contributed by atoms with van der Waals surface area (Å²) >= 11 is 0. The number of hydrogen-bond donors (Lipinski definition) is 1. The van der Waals surface area contributed by atoms with Crippen molar-refractivity contribution in [3.8, 4) is 0 Å². The fourth-order valence-electron chi connectivity index (χ4n) is 3.39. The normalized spacial score (nSPS) is 20.6. The van der Waals surface area contributed by atoms with Crippen molar-refractivity contribution in [2.75, 3.05) is 18.0 Å². The molecule has 0 saturated carbocycles. The molecule has 0 bridgehead atoms. The lowest BCUT2D eigenvalue weighted by molar-refractivity contribution is 0.0839. The van der Waals surface area contributed by atoms with Crippen molar-refractivity contribution in [3.05, 3.63) is 41.7 Å². The van der Waals surface area contributed by atoms with Gasteiger partial charge in [0.2, 0.25) is 0 Å². The Bertz CT molecular complexity index is 958. The molecule has 1 fully saturated rings. The number of β-amino-alcohol motifs (C(OH)–C–C–N with tert-alkyl or cyclic N) is 1. The van der Waals surface area contributed by atoms with E-state index in [4.69, 9.17) is 9.97 Å². The van der Waals surface area contributed by atoms with Crippen LogP contribution < -0.4 is 4.90 Å². The number of anilines is 1. The molecule has 7 nitrogen and oxygen atoms in total. The standard InChI is InChI=1S/C20H26N6O/c1-19(2,3)18-21-16(25-11-10-20(4,27)13-25)15-17(22-18)26(24-23-15)12-14-8-6-5-7-9-14/h5-9,27H,10-13H2,1-4H3/t20-/m1/s1. The van der Waals surface area contributed by atoms with Gasteiger partial charge < -0.3 is 10.0 Å². The summed E-state index contributed by atoms with van der Waals surface area (Å²) < 4.78 is 1.83. The molecule has 1 aromatic carbocycles. The van der Waals surface area contributed by atoms with Crippen LogP contribution in [0.2, 0.25) is 0 Å². The summed E-state index contributed by atoms with van der Waals surface area (Å²) in [4.78, 5) is 11.7. The van der Waals surface area contributed by atoms with Gasteiger partial charge in [-0.05, 0) is 18.9 Å². The summed E-state index contributed by atoms with van der Waals surface area (Å²) in [6.07, 6.45) is 0.710. The molecule has 1 N–H and O–H groups in total. The Kier molecular flexibility index (Phi) is 4.14. The van der Waals surface area contributed by atoms with Crippen molar-refractivity contribution in [2.24, 2.45) is 0 Å². The van der Waals surface area contributed by atoms with Gasteiger partial charge in [0.15, 0.2) is 17.0 Å². The Morgan fingerprint density at radius 3 is 2.52 bits per heavy atom. The van der Waals surface area contributed by atoms with Crippen molar-refractivity contribution in [1.29, 1.82) is 0 Å². The van der Waals surface area contributed by atoms with Gasteiger partial charge in [0.25, 0.3) is 0 Å². The van der Waals surface area contributed by atoms with Crippen molar-refractivity contribution < 1.29 is 5.11 Å². The highest BCUT2D eigenvalue weighted by Crippen LogP contribution is 2.31. The summed E-state index contributed by atoms with van der Waals surface area (Å²) in [5.74, 6) is 1.52. The zero-order valence-corrected chi connectivity index (χ0v) is 16.3. The second-order valence-electron chi connectivity index (χ2n) is 8.69. The van der Waals surface area contributed by atoms with E-state index in [2.05, 4.69) is 48.1 Å². The number of nitrogens with zero attached hydrogens (tertiary/aromatic N) is 6. The Morgan fingerprint density at radius 2 is 1.89 bits per heavy atom. The highest BCUT2D eigenvalue weighted by molar-refractivity contribution is 5.83. The maximum Gasteiger partial charge on any atom is 0.184 e. The van der Waals surface area contributed by atoms with E-state index in [1.165, 1.54) is 0 Å². The molecule has 1 atom stereocenters. The third-order valence-corrected chi connectivity index (χ3v) is 4.94. The van der Waals surface area contributed by atoms with Crippen LogP contribution in [0.1, 0.15) is 45.5 Å². The van der Waals surface area contributed by atoms with Crippen LogP contribution >= 0.6 is 0 Å². The number of hydrogen-bond acceptors (Lipinski definition) is 6. The summed E-state index contributed by atoms with van der Waals surface area (Å²) in [6.45, 7) is 10.1. The lowest BCUT2D eigenvalue weighted by Crippen LogP contribution is -2.31. The van der Waals surface area contributed by atoms with E-state index < -0.39 is 5.60 Å². The molecule has 0 radical (unpaired) electrons. The van der Waals surface area contributed by atoms with Crippen LogP contribution in [-0.4, -0.2) is 48.8 Å². The largest absolute Gasteiger partial charge is 0.388 e. The molecule has 7 heteroatoms. The van der Waals surface area contributed by atoms with Gasteiger partial charge in [-0.3, -0.25) is 0 Å². The smallest absolute Gasteiger partial charge is 0.184 e. The lowest BCUT2D eigenvalue weighted by Gasteiger charge is -2.23. The molecule has 3 heterocycles. The molecule has 4 rings (SSSR count). The van der Waals surface area contributed by atoms with Crippen LogP contribution in [0, 0.1) is 0 Å². The molecule has 0 aliphatic carbocycles. The lowest BCUT2D eigenvalue weighted by atomic mass is 9.96. The summed E-state index contributed by atoms with van der Waals surface area (Å²) in [5.41, 5.74) is 1.66. The van der Waals surface area contributed by atoms with Gasteiger partial charge in [0.1, 0.15) is 5.82 Å². The quantitative estimate of drug-likeness (QED) is 0.767. The number of fused-ring (bicyclic) bond motifs is 1. The van der Waals surface area contributed by atoms with Crippen LogP contribution in [0.15, 0.2) is 30.3 Å². The zero-order chi connectivity index (χ0) is 19.2. The fraction of sp³-hybridized carbons (Fsp3) is 0.500. The first kappa shape index (κ1) is 17.9. The van der Waals surface area contributed by atoms with E-state index in [0.717, 1.165) is 29.4 Å². The molecule has 0 amide bonds. The predicted octanol–water partition coefficient (Wildman–Crippen LogP) is 2.53. The first-order chi connectivity index (χ1) is 12.7. The van der Waals surface area contributed by atoms with Crippen molar-refractivity contribution >= 4 is 17.0 Å². The second kappa shape index (κ2) is 6.27. The van der Waals surface area contributed by atoms with Gasteiger partial charge in [0, 0.05) is 18.5 Å². The Labute approximate surface area is 159 Å². The second-order valence-corrected chi connectivity index (χ2v) is 8.69. The highest BCUT2D eigenvalue weighted by atomic mass is 16.3. The SMILES string of the molecule is CC(C)(C)c1nc(N2CC[C@@](C)(O)C2)c2nnn(Cc3ccccc3)c2n1. The van der Waals surface area contributed by atoms with Gasteiger partial charge in [-0.15, -0.1) is 5.10 Å². The van der Waals surface area contributed by atoms with E-state index in [-0.39, 0.29) is 5.41 Å². The van der Waals surface area contributed by atoms with Gasteiger partial charge in [-0.2, -0.15) is 0 Å². The monoisotopic (exact) mass is 366 g/mol. The van der Waals surface area contributed by atoms with E-state index in [1.807, 2.05) is 29.8 Å². The van der Waals surface area contributed by atoms with Gasteiger partial charge in [-0.1, -0.05) is 56.3 Å². The minimum atomic E-state index is -0.709. The topological polar surface area (TPSA) is 80.0 Å². The summed E-state index contributed by atoms with van der Waals surface area (Å²) in [6, 6.07) is 10.2. The van der Waals surface area contributed by atoms with Crippen molar-refractivity contribution in [1.82, 2.24) is 25.0 Å². The molecule has 1 aliphatic heterocycles. The third kappa shape index (κ3) is 3.51. The van der Waals surface area contributed by atoms with E-state index in [1.54, 1.807) is 0 Å². The highest BCUT2D eigenvalue weighted by Gasteiger charge is 2.34. The summed E-state index contributed by atoms with van der Waals surface area (Å²) in [5, 5.41) is 19.2. The third-order valence-electron chi connectivity index (χ3n) is 4.94. The average molecular weight is 366 g/mol. The van der Waals surface area contributed by atoms with Crippen molar-refractivity contribution in [3.63, 3.8) is 0 Å². The maximum absolute atomic E-state index is 10.4. The molecule has 0 spiro atoms. The van der Waals surface area contributed by atoms with Crippen LogP contribution in [0.3, 0.4) is 0 Å². The van der Waals surface area contributed by atoms with E-state index in [0.29, 0.717) is 25.0 Å². The maximum atomic E-state index is 10.4. The van der Waals surface area contributed by atoms with Gasteiger partial charge >= 0.3 is 0 Å². The Morgan fingerprint density at radius 1 is 1.15 bits per heavy atom. The van der Waals surface area contributed by atoms with Gasteiger partial charge in [0.05, 0.1) is 12.1 Å². The average Bonchev–Trinajstić information content (AvgIpc) is 3.17. The van der Waals surface area contributed by atoms with Crippen LogP contribution in [0.4, 0.5) is 5.82 Å². The molecule has 1 saturated heterocycles. The summed E-state index contributed by atoms with van der Waals surface area (Å²) in [7, 11) is 0. The minimum absolute atomic E-state index is 0.201. The first-order valence-electron chi connectivity index (χ1n) is 9.36. The number of aliphatic hydroxyl groups is 1. The molecule has 142 valence electrons. The number of benzene rings is 1.